The first kappa shape index (κ1) is 17.5. The summed E-state index contributed by atoms with van der Waals surface area (Å²) in [6.07, 6.45) is 0.992. The summed E-state index contributed by atoms with van der Waals surface area (Å²) in [5, 5.41) is 7.85. The molecule has 2 rings (SSSR count). The van der Waals surface area contributed by atoms with Crippen molar-refractivity contribution in [3.63, 3.8) is 0 Å². The van der Waals surface area contributed by atoms with Crippen LogP contribution in [0.3, 0.4) is 0 Å². The topological polar surface area (TPSA) is 49.3 Å². The Balaban J connectivity index is 1.82. The average molecular weight is 331 g/mol. The van der Waals surface area contributed by atoms with Gasteiger partial charge in [0.05, 0.1) is 17.2 Å². The minimum absolute atomic E-state index is 0.764. The van der Waals surface area contributed by atoms with Crippen LogP contribution in [0.25, 0.3) is 0 Å². The lowest BCUT2D eigenvalue weighted by Crippen LogP contribution is -2.37. The van der Waals surface area contributed by atoms with Crippen molar-refractivity contribution in [2.45, 2.75) is 40.7 Å². The normalized spacial score (nSPS) is 11.6. The standard InChI is InChI=1S/C18H26N4S/c1-12-6-7-16(13(2)10-12)8-9-20-18(19-5)21-11-17-14(3)22-15(4)23-17/h6-7,10H,8-9,11H2,1-5H3,(H2,19,20,21). The molecule has 0 atom stereocenters. The number of aryl methyl sites for hydroxylation is 4. The molecular weight excluding hydrogens is 304 g/mol. The fraction of sp³-hybridized carbons (Fsp3) is 0.444. The first-order valence-corrected chi connectivity index (χ1v) is 8.75. The summed E-state index contributed by atoms with van der Waals surface area (Å²) >= 11 is 1.73. The van der Waals surface area contributed by atoms with Crippen LogP contribution in [0.15, 0.2) is 23.2 Å². The van der Waals surface area contributed by atoms with Crippen LogP contribution in [0.5, 0.6) is 0 Å². The lowest BCUT2D eigenvalue weighted by atomic mass is 10.0. The summed E-state index contributed by atoms with van der Waals surface area (Å²) in [4.78, 5) is 10.0. The monoisotopic (exact) mass is 330 g/mol. The number of nitrogens with one attached hydrogen (secondary N) is 2. The highest BCUT2D eigenvalue weighted by Crippen LogP contribution is 2.16. The van der Waals surface area contributed by atoms with Crippen LogP contribution in [0.4, 0.5) is 0 Å². The third-order valence-corrected chi connectivity index (χ3v) is 4.90. The molecule has 0 aliphatic carbocycles. The van der Waals surface area contributed by atoms with Crippen molar-refractivity contribution in [2.75, 3.05) is 13.6 Å². The molecule has 1 aromatic heterocycles. The van der Waals surface area contributed by atoms with Crippen molar-refractivity contribution >= 4 is 17.3 Å². The second kappa shape index (κ2) is 8.11. The number of rotatable bonds is 5. The quantitative estimate of drug-likeness (QED) is 0.653. The highest BCUT2D eigenvalue weighted by atomic mass is 32.1. The Labute approximate surface area is 143 Å². The van der Waals surface area contributed by atoms with Crippen LogP contribution in [0.2, 0.25) is 0 Å². The molecule has 1 aromatic carbocycles. The molecule has 0 aliphatic rings. The number of nitrogens with zero attached hydrogens (tertiary/aromatic N) is 2. The molecule has 5 heteroatoms. The Bertz CT molecular complexity index is 688. The van der Waals surface area contributed by atoms with Crippen LogP contribution >= 0.6 is 11.3 Å². The van der Waals surface area contributed by atoms with E-state index in [1.165, 1.54) is 21.6 Å². The fourth-order valence-electron chi connectivity index (χ4n) is 2.56. The van der Waals surface area contributed by atoms with Gasteiger partial charge in [0.15, 0.2) is 5.96 Å². The second-order valence-electron chi connectivity index (χ2n) is 5.77. The Morgan fingerprint density at radius 1 is 1.17 bits per heavy atom. The molecule has 0 bridgehead atoms. The number of hydrogen-bond donors (Lipinski definition) is 2. The predicted molar refractivity (Wildman–Crippen MR) is 99.4 cm³/mol. The average Bonchev–Trinajstić information content (AvgIpc) is 2.82. The Kier molecular flexibility index (Phi) is 6.16. The van der Waals surface area contributed by atoms with E-state index in [1.807, 2.05) is 6.92 Å². The van der Waals surface area contributed by atoms with Crippen molar-refractivity contribution in [2.24, 2.45) is 4.99 Å². The van der Waals surface area contributed by atoms with Crippen molar-refractivity contribution in [3.05, 3.63) is 50.5 Å². The number of benzene rings is 1. The van der Waals surface area contributed by atoms with E-state index in [0.717, 1.165) is 36.2 Å². The fourth-order valence-corrected chi connectivity index (χ4v) is 3.44. The molecule has 2 N–H and O–H groups in total. The molecular formula is C18H26N4S. The van der Waals surface area contributed by atoms with Gasteiger partial charge in [-0.25, -0.2) is 4.98 Å². The first-order valence-electron chi connectivity index (χ1n) is 7.93. The molecule has 124 valence electrons. The zero-order chi connectivity index (χ0) is 16.8. The largest absolute Gasteiger partial charge is 0.356 e. The number of hydrogen-bond acceptors (Lipinski definition) is 3. The zero-order valence-electron chi connectivity index (χ0n) is 14.7. The van der Waals surface area contributed by atoms with E-state index in [1.54, 1.807) is 18.4 Å². The number of aliphatic imine (C=N–C) groups is 1. The van der Waals surface area contributed by atoms with Gasteiger partial charge >= 0.3 is 0 Å². The van der Waals surface area contributed by atoms with Crippen LogP contribution < -0.4 is 10.6 Å². The molecule has 0 aliphatic heterocycles. The maximum atomic E-state index is 4.45. The summed E-state index contributed by atoms with van der Waals surface area (Å²) in [6, 6.07) is 6.62. The molecule has 0 saturated carbocycles. The van der Waals surface area contributed by atoms with Gasteiger partial charge in [-0.3, -0.25) is 4.99 Å². The maximum Gasteiger partial charge on any atom is 0.191 e. The Morgan fingerprint density at radius 3 is 2.57 bits per heavy atom. The van der Waals surface area contributed by atoms with Crippen LogP contribution in [-0.4, -0.2) is 24.5 Å². The molecule has 0 saturated heterocycles. The number of thiazole rings is 1. The van der Waals surface area contributed by atoms with Gasteiger partial charge in [0, 0.05) is 18.5 Å². The summed E-state index contributed by atoms with van der Waals surface area (Å²) < 4.78 is 0. The van der Waals surface area contributed by atoms with Crippen LogP contribution in [-0.2, 0) is 13.0 Å². The summed E-state index contributed by atoms with van der Waals surface area (Å²) in [7, 11) is 1.80. The van der Waals surface area contributed by atoms with E-state index >= 15 is 0 Å². The lowest BCUT2D eigenvalue weighted by molar-refractivity contribution is 0.794. The van der Waals surface area contributed by atoms with Crippen LogP contribution in [0.1, 0.15) is 32.3 Å². The summed E-state index contributed by atoms with van der Waals surface area (Å²) in [6.45, 7) is 10.0. The summed E-state index contributed by atoms with van der Waals surface area (Å²) in [5.74, 6) is 0.834. The van der Waals surface area contributed by atoms with Crippen molar-refractivity contribution in [3.8, 4) is 0 Å². The predicted octanol–water partition coefficient (Wildman–Crippen LogP) is 3.28. The molecule has 0 unspecified atom stereocenters. The highest BCUT2D eigenvalue weighted by Gasteiger charge is 2.06. The molecule has 4 nitrogen and oxygen atoms in total. The van der Waals surface area contributed by atoms with Crippen molar-refractivity contribution in [1.82, 2.24) is 15.6 Å². The van der Waals surface area contributed by atoms with E-state index in [0.29, 0.717) is 0 Å². The van der Waals surface area contributed by atoms with Crippen molar-refractivity contribution in [1.29, 1.82) is 0 Å². The number of guanidine groups is 1. The van der Waals surface area contributed by atoms with E-state index in [-0.39, 0.29) is 0 Å². The van der Waals surface area contributed by atoms with E-state index in [4.69, 9.17) is 0 Å². The van der Waals surface area contributed by atoms with Gasteiger partial charge in [0.25, 0.3) is 0 Å². The molecule has 23 heavy (non-hydrogen) atoms. The van der Waals surface area contributed by atoms with Gasteiger partial charge in [0.2, 0.25) is 0 Å². The second-order valence-corrected chi connectivity index (χ2v) is 7.06. The summed E-state index contributed by atoms with van der Waals surface area (Å²) in [5.41, 5.74) is 5.15. The molecule has 2 aromatic rings. The van der Waals surface area contributed by atoms with E-state index < -0.39 is 0 Å². The minimum Gasteiger partial charge on any atom is -0.356 e. The third kappa shape index (κ3) is 5.06. The zero-order valence-corrected chi connectivity index (χ0v) is 15.5. The maximum absolute atomic E-state index is 4.45. The Morgan fingerprint density at radius 2 is 1.96 bits per heavy atom. The molecule has 0 spiro atoms. The van der Waals surface area contributed by atoms with Gasteiger partial charge in [0.1, 0.15) is 0 Å². The molecule has 0 amide bonds. The highest BCUT2D eigenvalue weighted by molar-refractivity contribution is 7.11. The third-order valence-electron chi connectivity index (χ3n) is 3.82. The van der Waals surface area contributed by atoms with Crippen LogP contribution in [0, 0.1) is 27.7 Å². The molecule has 1 heterocycles. The first-order chi connectivity index (χ1) is 11.0. The van der Waals surface area contributed by atoms with Gasteiger partial charge < -0.3 is 10.6 Å². The van der Waals surface area contributed by atoms with Crippen molar-refractivity contribution < 1.29 is 0 Å². The van der Waals surface area contributed by atoms with Gasteiger partial charge in [-0.2, -0.15) is 0 Å². The lowest BCUT2D eigenvalue weighted by Gasteiger charge is -2.12. The minimum atomic E-state index is 0.764. The van der Waals surface area contributed by atoms with Gasteiger partial charge in [-0.05, 0) is 45.2 Å². The molecule has 0 radical (unpaired) electrons. The smallest absolute Gasteiger partial charge is 0.191 e. The van der Waals surface area contributed by atoms with E-state index in [9.17, 15) is 0 Å². The van der Waals surface area contributed by atoms with E-state index in [2.05, 4.69) is 59.6 Å². The molecule has 0 fully saturated rings. The Hall–Kier alpha value is -1.88. The van der Waals surface area contributed by atoms with Gasteiger partial charge in [-0.1, -0.05) is 23.8 Å². The van der Waals surface area contributed by atoms with Gasteiger partial charge in [-0.15, -0.1) is 11.3 Å². The number of aromatic nitrogens is 1. The SMILES string of the molecule is CN=C(NCCc1ccc(C)cc1C)NCc1sc(C)nc1C.